The van der Waals surface area contributed by atoms with Crippen LogP contribution in [0.3, 0.4) is 0 Å². The molecule has 1 aliphatic rings. The Kier molecular flexibility index (Phi) is 3.67. The summed E-state index contributed by atoms with van der Waals surface area (Å²) in [7, 11) is 0. The normalized spacial score (nSPS) is 20.2. The number of carbonyl (C=O) groups is 1. The molecule has 8 heteroatoms. The third kappa shape index (κ3) is 3.00. The number of hydrogen-bond acceptors (Lipinski definition) is 4. The number of aryl methyl sites for hydroxylation is 1. The smallest absolute Gasteiger partial charge is 0.251 e. The summed E-state index contributed by atoms with van der Waals surface area (Å²) < 4.78 is 32.4. The molecule has 0 radical (unpaired) electrons. The molecule has 2 aromatic heterocycles. The maximum absolute atomic E-state index is 13.5. The quantitative estimate of drug-likeness (QED) is 0.908. The van der Waals surface area contributed by atoms with E-state index in [9.17, 15) is 13.6 Å². The lowest BCUT2D eigenvalue weighted by molar-refractivity contribution is -0.120. The first-order chi connectivity index (χ1) is 10.4. The molecule has 0 spiro atoms. The summed E-state index contributed by atoms with van der Waals surface area (Å²) in [5.41, 5.74) is 0. The number of carbonyl (C=O) groups excluding carboxylic acids is 1. The molecule has 118 valence electrons. The van der Waals surface area contributed by atoms with Gasteiger partial charge in [0.15, 0.2) is 11.6 Å². The van der Waals surface area contributed by atoms with Gasteiger partial charge in [0.25, 0.3) is 5.92 Å². The highest BCUT2D eigenvalue weighted by Crippen LogP contribution is 2.42. The fourth-order valence-electron chi connectivity index (χ4n) is 2.64. The number of halogens is 2. The summed E-state index contributed by atoms with van der Waals surface area (Å²) in [5.74, 6) is -2.53. The number of nitrogens with zero attached hydrogens (tertiary/aromatic N) is 2. The first kappa shape index (κ1) is 14.7. The van der Waals surface area contributed by atoms with E-state index in [-0.39, 0.29) is 18.8 Å². The highest BCUT2D eigenvalue weighted by Gasteiger charge is 2.44. The van der Waals surface area contributed by atoms with Crippen LogP contribution in [-0.4, -0.2) is 27.0 Å². The van der Waals surface area contributed by atoms with E-state index in [1.54, 1.807) is 19.1 Å². The second-order valence-corrected chi connectivity index (χ2v) is 5.52. The molecule has 1 aliphatic carbocycles. The maximum Gasteiger partial charge on any atom is 0.251 e. The van der Waals surface area contributed by atoms with E-state index in [1.807, 2.05) is 0 Å². The molecular formula is C14H16F2N4O2. The standard InChI is InChI=1S/C14H16F2N4O2/c1-8-4-5-10(22-8)12-18-13(20-19-12)17-11(21)7-9-3-2-6-14(9,15)16/h4-5,9H,2-3,6-7H2,1H3,(H2,17,18,19,20,21). The first-order valence-electron chi connectivity index (χ1n) is 7.11. The van der Waals surface area contributed by atoms with Crippen molar-refractivity contribution in [2.45, 2.75) is 38.5 Å². The number of aromatic amines is 1. The zero-order chi connectivity index (χ0) is 15.7. The second-order valence-electron chi connectivity index (χ2n) is 5.52. The molecule has 2 N–H and O–H groups in total. The number of amides is 1. The minimum absolute atomic E-state index is 0.0513. The number of H-pyrrole nitrogens is 1. The van der Waals surface area contributed by atoms with Gasteiger partial charge in [-0.05, 0) is 31.9 Å². The lowest BCUT2D eigenvalue weighted by atomic mass is 10.0. The van der Waals surface area contributed by atoms with E-state index >= 15 is 0 Å². The molecule has 2 aromatic rings. The van der Waals surface area contributed by atoms with Gasteiger partial charge in [0.1, 0.15) is 5.76 Å². The summed E-state index contributed by atoms with van der Waals surface area (Å²) in [5, 5.41) is 8.91. The van der Waals surface area contributed by atoms with Crippen molar-refractivity contribution < 1.29 is 18.0 Å². The monoisotopic (exact) mass is 310 g/mol. The number of nitrogens with one attached hydrogen (secondary N) is 2. The van der Waals surface area contributed by atoms with Gasteiger partial charge in [-0.2, -0.15) is 4.98 Å². The first-order valence-corrected chi connectivity index (χ1v) is 7.11. The lowest BCUT2D eigenvalue weighted by Gasteiger charge is -2.17. The van der Waals surface area contributed by atoms with E-state index in [0.717, 1.165) is 5.76 Å². The summed E-state index contributed by atoms with van der Waals surface area (Å²) in [4.78, 5) is 15.9. The van der Waals surface area contributed by atoms with Crippen molar-refractivity contribution in [2.75, 3.05) is 5.32 Å². The van der Waals surface area contributed by atoms with Crippen LogP contribution in [0.5, 0.6) is 0 Å². The Balaban J connectivity index is 1.61. The minimum atomic E-state index is -2.76. The zero-order valence-corrected chi connectivity index (χ0v) is 12.0. The van der Waals surface area contributed by atoms with Crippen molar-refractivity contribution >= 4 is 11.9 Å². The number of hydrogen-bond donors (Lipinski definition) is 2. The van der Waals surface area contributed by atoms with E-state index < -0.39 is 17.7 Å². The Labute approximate surface area is 125 Å². The van der Waals surface area contributed by atoms with Crippen LogP contribution in [0.25, 0.3) is 11.6 Å². The highest BCUT2D eigenvalue weighted by molar-refractivity contribution is 5.89. The van der Waals surface area contributed by atoms with Gasteiger partial charge in [-0.15, -0.1) is 5.10 Å². The van der Waals surface area contributed by atoms with Crippen molar-refractivity contribution in [3.8, 4) is 11.6 Å². The van der Waals surface area contributed by atoms with Crippen LogP contribution < -0.4 is 5.32 Å². The number of aromatic nitrogens is 3. The minimum Gasteiger partial charge on any atom is -0.458 e. The van der Waals surface area contributed by atoms with Crippen LogP contribution in [-0.2, 0) is 4.79 Å². The Bertz CT molecular complexity index is 680. The molecule has 1 fully saturated rings. The van der Waals surface area contributed by atoms with Crippen molar-refractivity contribution in [2.24, 2.45) is 5.92 Å². The third-order valence-electron chi connectivity index (χ3n) is 3.80. The molecule has 1 atom stereocenters. The van der Waals surface area contributed by atoms with Crippen molar-refractivity contribution in [3.63, 3.8) is 0 Å². The van der Waals surface area contributed by atoms with Gasteiger partial charge in [-0.1, -0.05) is 0 Å². The van der Waals surface area contributed by atoms with E-state index in [4.69, 9.17) is 4.42 Å². The zero-order valence-electron chi connectivity index (χ0n) is 12.0. The molecule has 0 saturated heterocycles. The molecule has 3 rings (SSSR count). The van der Waals surface area contributed by atoms with Crippen molar-refractivity contribution in [1.29, 1.82) is 0 Å². The van der Waals surface area contributed by atoms with Gasteiger partial charge in [-0.3, -0.25) is 15.2 Å². The Morgan fingerprint density at radius 1 is 1.55 bits per heavy atom. The molecule has 0 bridgehead atoms. The Hall–Kier alpha value is -2.25. The Morgan fingerprint density at radius 3 is 3.00 bits per heavy atom. The lowest BCUT2D eigenvalue weighted by Crippen LogP contribution is -2.27. The average molecular weight is 310 g/mol. The molecule has 0 aliphatic heterocycles. The van der Waals surface area contributed by atoms with Crippen LogP contribution in [0.15, 0.2) is 16.5 Å². The summed E-state index contributed by atoms with van der Waals surface area (Å²) in [6.07, 6.45) is 0.448. The molecule has 22 heavy (non-hydrogen) atoms. The number of alkyl halides is 2. The largest absolute Gasteiger partial charge is 0.458 e. The number of rotatable bonds is 4. The summed E-state index contributed by atoms with van der Waals surface area (Å²) >= 11 is 0. The van der Waals surface area contributed by atoms with Crippen molar-refractivity contribution in [1.82, 2.24) is 15.2 Å². The average Bonchev–Trinajstić information content (AvgIpc) is 3.12. The van der Waals surface area contributed by atoms with E-state index in [1.165, 1.54) is 0 Å². The molecule has 1 unspecified atom stereocenters. The predicted octanol–water partition coefficient (Wildman–Crippen LogP) is 3.14. The highest BCUT2D eigenvalue weighted by atomic mass is 19.3. The Morgan fingerprint density at radius 2 is 2.36 bits per heavy atom. The molecular weight excluding hydrogens is 294 g/mol. The molecule has 1 amide bonds. The van der Waals surface area contributed by atoms with Crippen molar-refractivity contribution in [3.05, 3.63) is 17.9 Å². The van der Waals surface area contributed by atoms with Gasteiger partial charge in [0, 0.05) is 18.8 Å². The molecule has 1 saturated carbocycles. The van der Waals surface area contributed by atoms with E-state index in [0.29, 0.717) is 24.4 Å². The molecule has 6 nitrogen and oxygen atoms in total. The molecule has 2 heterocycles. The fraction of sp³-hybridized carbons (Fsp3) is 0.500. The SMILES string of the molecule is Cc1ccc(-c2nc(NC(=O)CC3CCCC3(F)F)n[nH]2)o1. The topological polar surface area (TPSA) is 83.8 Å². The fourth-order valence-corrected chi connectivity index (χ4v) is 2.64. The summed E-state index contributed by atoms with van der Waals surface area (Å²) in [6, 6.07) is 3.50. The van der Waals surface area contributed by atoms with Gasteiger partial charge < -0.3 is 4.42 Å². The van der Waals surface area contributed by atoms with Gasteiger partial charge in [0.05, 0.1) is 0 Å². The van der Waals surface area contributed by atoms with Crippen LogP contribution in [0.4, 0.5) is 14.7 Å². The van der Waals surface area contributed by atoms with Crippen LogP contribution in [0, 0.1) is 12.8 Å². The third-order valence-corrected chi connectivity index (χ3v) is 3.80. The predicted molar refractivity (Wildman–Crippen MR) is 74.4 cm³/mol. The van der Waals surface area contributed by atoms with Gasteiger partial charge in [0.2, 0.25) is 11.9 Å². The van der Waals surface area contributed by atoms with Crippen LogP contribution in [0.2, 0.25) is 0 Å². The maximum atomic E-state index is 13.5. The van der Waals surface area contributed by atoms with Gasteiger partial charge >= 0.3 is 0 Å². The van der Waals surface area contributed by atoms with Crippen LogP contribution >= 0.6 is 0 Å². The number of furan rings is 1. The second kappa shape index (κ2) is 5.51. The van der Waals surface area contributed by atoms with Gasteiger partial charge in [-0.25, -0.2) is 8.78 Å². The number of anilines is 1. The van der Waals surface area contributed by atoms with Crippen LogP contribution in [0.1, 0.15) is 31.4 Å². The summed E-state index contributed by atoms with van der Waals surface area (Å²) in [6.45, 7) is 1.80. The molecule has 0 aromatic carbocycles. The van der Waals surface area contributed by atoms with E-state index in [2.05, 4.69) is 20.5 Å².